The molecule has 3 aromatic rings. The molecule has 2 N–H and O–H groups in total. The van der Waals surface area contributed by atoms with Crippen LogP contribution in [0.5, 0.6) is 0 Å². The van der Waals surface area contributed by atoms with Crippen LogP contribution in [0.25, 0.3) is 11.1 Å². The Labute approximate surface area is 229 Å². The first-order chi connectivity index (χ1) is 18.8. The number of hydrogen-bond donors (Lipinski definition) is 2. The highest BCUT2D eigenvalue weighted by atomic mass is 16.5. The number of nitrogens with zero attached hydrogens (tertiary/aromatic N) is 2. The van der Waals surface area contributed by atoms with Gasteiger partial charge in [0.2, 0.25) is 5.91 Å². The summed E-state index contributed by atoms with van der Waals surface area (Å²) in [7, 11) is 3.84. The largest absolute Gasteiger partial charge is 0.481 e. The summed E-state index contributed by atoms with van der Waals surface area (Å²) in [6, 6.07) is 24.6. The van der Waals surface area contributed by atoms with Crippen LogP contribution in [0.15, 0.2) is 78.9 Å². The average molecular weight is 530 g/mol. The number of fused-ring (bicyclic) bond motifs is 3. The van der Waals surface area contributed by atoms with Crippen LogP contribution in [-0.2, 0) is 20.9 Å². The van der Waals surface area contributed by atoms with Crippen molar-refractivity contribution >= 4 is 18.0 Å². The second-order valence-corrected chi connectivity index (χ2v) is 10.0. The molecule has 3 aromatic carbocycles. The third-order valence-corrected chi connectivity index (χ3v) is 6.93. The van der Waals surface area contributed by atoms with E-state index in [1.54, 1.807) is 4.90 Å². The summed E-state index contributed by atoms with van der Waals surface area (Å²) in [5.74, 6) is -1.49. The number of rotatable bonds is 12. The molecule has 0 spiro atoms. The molecule has 8 heteroatoms. The fraction of sp³-hybridized carbons (Fsp3) is 0.323. The number of nitrogens with one attached hydrogen (secondary N) is 1. The molecule has 0 saturated heterocycles. The minimum atomic E-state index is -1.04. The number of ether oxygens (including phenoxy) is 1. The minimum absolute atomic E-state index is 0.0361. The maximum absolute atomic E-state index is 13.6. The fourth-order valence-electron chi connectivity index (χ4n) is 4.92. The molecule has 1 atom stereocenters. The van der Waals surface area contributed by atoms with Gasteiger partial charge in [-0.3, -0.25) is 9.59 Å². The maximum Gasteiger partial charge on any atom is 0.407 e. The van der Waals surface area contributed by atoms with E-state index >= 15 is 0 Å². The molecule has 4 rings (SSSR count). The van der Waals surface area contributed by atoms with Crippen molar-refractivity contribution in [3.63, 3.8) is 0 Å². The molecule has 8 nitrogen and oxygen atoms in total. The second-order valence-electron chi connectivity index (χ2n) is 10.0. The Balaban J connectivity index is 1.46. The van der Waals surface area contributed by atoms with Crippen LogP contribution in [-0.4, -0.2) is 72.7 Å². The zero-order chi connectivity index (χ0) is 27.8. The summed E-state index contributed by atoms with van der Waals surface area (Å²) < 4.78 is 5.65. The lowest BCUT2D eigenvalue weighted by molar-refractivity contribution is -0.138. The Bertz CT molecular complexity index is 1250. The number of carbonyl (C=O) groups excluding carboxylic acids is 2. The standard InChI is InChI=1S/C31H35N3O5/c1-33(2)18-19-34(20-22-10-4-3-5-11-22)30(37)28(16-17-29(35)36)32-31(38)39-21-27-25-14-8-6-12-23(25)24-13-7-9-15-26(24)27/h3-15,27-28H,16-21H2,1-2H3,(H,32,38)(H,35,36). The van der Waals surface area contributed by atoms with Crippen molar-refractivity contribution in [1.82, 2.24) is 15.1 Å². The van der Waals surface area contributed by atoms with Gasteiger partial charge in [0.1, 0.15) is 12.6 Å². The van der Waals surface area contributed by atoms with Gasteiger partial charge < -0.3 is 25.0 Å². The van der Waals surface area contributed by atoms with Crippen LogP contribution in [0.4, 0.5) is 4.79 Å². The summed E-state index contributed by atoms with van der Waals surface area (Å²) in [5.41, 5.74) is 5.36. The van der Waals surface area contributed by atoms with Gasteiger partial charge in [0.25, 0.3) is 0 Å². The van der Waals surface area contributed by atoms with Gasteiger partial charge in [-0.15, -0.1) is 0 Å². The van der Waals surface area contributed by atoms with Crippen molar-refractivity contribution in [1.29, 1.82) is 0 Å². The van der Waals surface area contributed by atoms with Crippen molar-refractivity contribution in [3.8, 4) is 11.1 Å². The molecule has 0 bridgehead atoms. The Morgan fingerprint density at radius 3 is 2.05 bits per heavy atom. The molecule has 0 saturated carbocycles. The van der Waals surface area contributed by atoms with Crippen molar-refractivity contribution in [2.45, 2.75) is 31.3 Å². The van der Waals surface area contributed by atoms with E-state index < -0.39 is 18.1 Å². The lowest BCUT2D eigenvalue weighted by Gasteiger charge is -2.29. The van der Waals surface area contributed by atoms with Gasteiger partial charge in [0.05, 0.1) is 0 Å². The van der Waals surface area contributed by atoms with Gasteiger partial charge >= 0.3 is 12.1 Å². The Morgan fingerprint density at radius 1 is 0.872 bits per heavy atom. The molecule has 0 aliphatic heterocycles. The summed E-state index contributed by atoms with van der Waals surface area (Å²) in [6.45, 7) is 1.50. The quantitative estimate of drug-likeness (QED) is 0.362. The zero-order valence-corrected chi connectivity index (χ0v) is 22.4. The predicted octanol–water partition coefficient (Wildman–Crippen LogP) is 4.35. The molecule has 0 fully saturated rings. The van der Waals surface area contributed by atoms with Crippen LogP contribution < -0.4 is 5.32 Å². The first-order valence-corrected chi connectivity index (χ1v) is 13.1. The van der Waals surface area contributed by atoms with E-state index in [0.29, 0.717) is 19.6 Å². The molecule has 1 aliphatic rings. The molecule has 0 radical (unpaired) electrons. The molecule has 1 aliphatic carbocycles. The van der Waals surface area contributed by atoms with Gasteiger partial charge in [0, 0.05) is 32.0 Å². The lowest BCUT2D eigenvalue weighted by Crippen LogP contribution is -2.50. The van der Waals surface area contributed by atoms with Crippen LogP contribution >= 0.6 is 0 Å². The third kappa shape index (κ3) is 7.23. The number of alkyl carbamates (subject to hydrolysis) is 1. The predicted molar refractivity (Wildman–Crippen MR) is 149 cm³/mol. The Morgan fingerprint density at radius 2 is 1.46 bits per heavy atom. The third-order valence-electron chi connectivity index (χ3n) is 6.93. The summed E-state index contributed by atoms with van der Waals surface area (Å²) in [5, 5.41) is 12.0. The number of hydrogen-bond acceptors (Lipinski definition) is 5. The van der Waals surface area contributed by atoms with E-state index in [-0.39, 0.29) is 31.3 Å². The van der Waals surface area contributed by atoms with Crippen LogP contribution in [0.1, 0.15) is 35.4 Å². The highest BCUT2D eigenvalue weighted by molar-refractivity contribution is 5.86. The number of likely N-dealkylation sites (N-methyl/N-ethyl adjacent to an activating group) is 1. The lowest BCUT2D eigenvalue weighted by atomic mass is 9.98. The van der Waals surface area contributed by atoms with Gasteiger partial charge in [-0.2, -0.15) is 0 Å². The monoisotopic (exact) mass is 529 g/mol. The highest BCUT2D eigenvalue weighted by Crippen LogP contribution is 2.44. The Hall–Kier alpha value is -4.17. The van der Waals surface area contributed by atoms with E-state index in [0.717, 1.165) is 27.8 Å². The topological polar surface area (TPSA) is 99.2 Å². The van der Waals surface area contributed by atoms with Gasteiger partial charge in [-0.25, -0.2) is 4.79 Å². The van der Waals surface area contributed by atoms with Gasteiger partial charge in [-0.05, 0) is 48.3 Å². The maximum atomic E-state index is 13.6. The normalized spacial score (nSPS) is 12.9. The van der Waals surface area contributed by atoms with Crippen molar-refractivity contribution in [2.24, 2.45) is 0 Å². The molecular weight excluding hydrogens is 494 g/mol. The molecule has 204 valence electrons. The van der Waals surface area contributed by atoms with Crippen LogP contribution in [0.2, 0.25) is 0 Å². The molecular formula is C31H35N3O5. The van der Waals surface area contributed by atoms with Crippen molar-refractivity contribution in [2.75, 3.05) is 33.8 Å². The van der Waals surface area contributed by atoms with Gasteiger partial charge in [-0.1, -0.05) is 78.9 Å². The number of carboxylic acid groups (broad SMARTS) is 1. The smallest absolute Gasteiger partial charge is 0.407 e. The highest BCUT2D eigenvalue weighted by Gasteiger charge is 2.31. The van der Waals surface area contributed by atoms with Crippen molar-refractivity contribution < 1.29 is 24.2 Å². The fourth-order valence-corrected chi connectivity index (χ4v) is 4.92. The van der Waals surface area contributed by atoms with Crippen LogP contribution in [0, 0.1) is 0 Å². The van der Waals surface area contributed by atoms with E-state index in [1.807, 2.05) is 85.7 Å². The second kappa shape index (κ2) is 13.1. The van der Waals surface area contributed by atoms with Crippen LogP contribution in [0.3, 0.4) is 0 Å². The number of carboxylic acids is 1. The van der Waals surface area contributed by atoms with Crippen molar-refractivity contribution in [3.05, 3.63) is 95.6 Å². The SMILES string of the molecule is CN(C)CCN(Cc1ccccc1)C(=O)C(CCC(=O)O)NC(=O)OCC1c2ccccc2-c2ccccc21. The first-order valence-electron chi connectivity index (χ1n) is 13.1. The number of carbonyl (C=O) groups is 3. The zero-order valence-electron chi connectivity index (χ0n) is 22.4. The molecule has 1 unspecified atom stereocenters. The average Bonchev–Trinajstić information content (AvgIpc) is 3.25. The molecule has 0 heterocycles. The minimum Gasteiger partial charge on any atom is -0.481 e. The number of benzene rings is 3. The molecule has 39 heavy (non-hydrogen) atoms. The summed E-state index contributed by atoms with van der Waals surface area (Å²) in [6.07, 6.45) is -1.04. The van der Waals surface area contributed by atoms with Gasteiger partial charge in [0.15, 0.2) is 0 Å². The number of amides is 2. The summed E-state index contributed by atoms with van der Waals surface area (Å²) >= 11 is 0. The van der Waals surface area contributed by atoms with E-state index in [1.165, 1.54) is 0 Å². The Kier molecular flexibility index (Phi) is 9.33. The van der Waals surface area contributed by atoms with E-state index in [9.17, 15) is 19.5 Å². The summed E-state index contributed by atoms with van der Waals surface area (Å²) in [4.78, 5) is 41.6. The van der Waals surface area contributed by atoms with E-state index in [4.69, 9.17) is 4.74 Å². The molecule has 0 aromatic heterocycles. The molecule has 2 amide bonds. The number of aliphatic carboxylic acids is 1. The first kappa shape index (κ1) is 27.9. The van der Waals surface area contributed by atoms with E-state index in [2.05, 4.69) is 17.4 Å².